The molecule has 67 heavy (non-hydrogen) atoms. The summed E-state index contributed by atoms with van der Waals surface area (Å²) in [6.45, 7) is 4.61. The maximum absolute atomic E-state index is 2.55. The third kappa shape index (κ3) is 6.13. The Hall–Kier alpha value is -8.34. The first-order valence-electron chi connectivity index (χ1n) is 23.4. The number of fused-ring (bicyclic) bond motifs is 7. The van der Waals surface area contributed by atoms with E-state index in [-0.39, 0.29) is 12.4 Å². The maximum Gasteiger partial charge on any atom is 0.421 e. The van der Waals surface area contributed by atoms with Gasteiger partial charge < -0.3 is 14.5 Å². The van der Waals surface area contributed by atoms with Gasteiger partial charge in [-0.3, -0.25) is 0 Å². The topological polar surface area (TPSA) is 9.72 Å². The van der Waals surface area contributed by atoms with E-state index >= 15 is 0 Å². The average Bonchev–Trinajstić information content (AvgIpc) is 3.63. The summed E-state index contributed by atoms with van der Waals surface area (Å²) in [5, 5.41) is 0. The van der Waals surface area contributed by atoms with E-state index in [9.17, 15) is 0 Å². The van der Waals surface area contributed by atoms with Gasteiger partial charge in [-0.2, -0.15) is 0 Å². The highest BCUT2D eigenvalue weighted by Gasteiger charge is 2.47. The van der Waals surface area contributed by atoms with Crippen LogP contribution in [0.15, 0.2) is 243 Å². The first kappa shape index (κ1) is 39.1. The van der Waals surface area contributed by atoms with Crippen molar-refractivity contribution in [2.75, 3.05) is 14.5 Å². The molecule has 3 nitrogen and oxygen atoms in total. The van der Waals surface area contributed by atoms with Gasteiger partial charge in [0.2, 0.25) is 0 Å². The van der Waals surface area contributed by atoms with Crippen molar-refractivity contribution in [3.05, 3.63) is 254 Å². The quantitative estimate of drug-likeness (QED) is 0.148. The Balaban J connectivity index is 0.952. The second-order valence-corrected chi connectivity index (χ2v) is 18.5. The van der Waals surface area contributed by atoms with Crippen LogP contribution in [0.25, 0.3) is 55.6 Å². The van der Waals surface area contributed by atoms with E-state index in [0.29, 0.717) is 0 Å². The Morgan fingerprint density at radius 3 is 1.48 bits per heavy atom. The van der Waals surface area contributed by atoms with Crippen molar-refractivity contribution in [1.82, 2.24) is 0 Å². The molecule has 0 saturated carbocycles. The third-order valence-electron chi connectivity index (χ3n) is 14.4. The van der Waals surface area contributed by atoms with E-state index in [2.05, 4.69) is 271 Å². The molecule has 316 valence electrons. The Labute approximate surface area is 393 Å². The molecule has 0 N–H and O–H groups in total. The van der Waals surface area contributed by atoms with E-state index in [1.165, 1.54) is 89.3 Å². The highest BCUT2D eigenvalue weighted by atomic mass is 15.2. The molecule has 4 heteroatoms. The van der Waals surface area contributed by atoms with E-state index in [4.69, 9.17) is 0 Å². The minimum atomic E-state index is -0.113. The molecule has 0 unspecified atom stereocenters. The van der Waals surface area contributed by atoms with Crippen molar-refractivity contribution in [1.29, 1.82) is 0 Å². The Kier molecular flexibility index (Phi) is 8.98. The fourth-order valence-corrected chi connectivity index (χ4v) is 11.3. The van der Waals surface area contributed by atoms with Gasteiger partial charge in [0.15, 0.2) is 0 Å². The van der Waals surface area contributed by atoms with Gasteiger partial charge in [0.1, 0.15) is 0 Å². The zero-order valence-corrected chi connectivity index (χ0v) is 37.5. The van der Waals surface area contributed by atoms with Gasteiger partial charge in [-0.1, -0.05) is 184 Å². The molecular weight excluding hydrogens is 810 g/mol. The number of hydrogen-bond donors (Lipinski definition) is 0. The monoisotopic (exact) mass is 855 g/mol. The van der Waals surface area contributed by atoms with Crippen molar-refractivity contribution < 1.29 is 0 Å². The normalized spacial score (nSPS) is 13.6. The molecular formula is C63H46BN3. The van der Waals surface area contributed by atoms with Crippen LogP contribution < -0.4 is 20.0 Å². The number of nitrogens with zero attached hydrogens (tertiary/aromatic N) is 3. The molecule has 0 bridgehead atoms. The zero-order valence-electron chi connectivity index (χ0n) is 37.5. The fourth-order valence-electron chi connectivity index (χ4n) is 11.3. The van der Waals surface area contributed by atoms with E-state index in [1.807, 2.05) is 0 Å². The fraction of sp³-hybridized carbons (Fsp3) is 0.0476. The molecule has 13 rings (SSSR count). The Morgan fingerprint density at radius 2 is 0.821 bits per heavy atom. The lowest BCUT2D eigenvalue weighted by molar-refractivity contribution is 0.660. The maximum atomic E-state index is 2.55. The van der Waals surface area contributed by atoms with Crippen molar-refractivity contribution in [3.63, 3.8) is 0 Å². The minimum Gasteiger partial charge on any atom is -0.361 e. The summed E-state index contributed by atoms with van der Waals surface area (Å²) in [7, 11) is 0. The lowest BCUT2D eigenvalue weighted by Gasteiger charge is -2.47. The third-order valence-corrected chi connectivity index (χ3v) is 14.4. The molecule has 0 amide bonds. The van der Waals surface area contributed by atoms with Gasteiger partial charge >= 0.3 is 6.98 Å². The van der Waals surface area contributed by atoms with Gasteiger partial charge in [-0.15, -0.1) is 0 Å². The lowest BCUT2D eigenvalue weighted by Crippen LogP contribution is -2.61. The van der Waals surface area contributed by atoms with Crippen LogP contribution in [0.5, 0.6) is 0 Å². The molecule has 2 heterocycles. The number of para-hydroxylation sites is 3. The summed E-state index contributed by atoms with van der Waals surface area (Å²) >= 11 is 0. The molecule has 0 atom stereocenters. The van der Waals surface area contributed by atoms with Crippen LogP contribution in [-0.2, 0) is 5.41 Å². The molecule has 3 aliphatic rings. The van der Waals surface area contributed by atoms with E-state index in [1.54, 1.807) is 0 Å². The number of hydrogen-bond acceptors (Lipinski definition) is 3. The Bertz CT molecular complexity index is 3490. The molecule has 2 aliphatic heterocycles. The standard InChI is InChI=1S/C63H46BN3/c1-63(2)56-28-14-12-25-54(56)61-57(63)29-17-31-60(61)65(47-37-32-44(33-38-47)43-18-6-3-7-19-43)48-39-34-45(35-40-48)46-36-41-59-55(42-46)53-27-16-26-52-51-24-13-15-30-58(51)66(49-20-8-4-9-21-49)64(62(52)53)67(59)50-22-10-5-11-23-50/h3-42H,1-2H3. The molecule has 0 saturated heterocycles. The van der Waals surface area contributed by atoms with E-state index in [0.717, 1.165) is 22.7 Å². The SMILES string of the molecule is CC1(C)c2ccccc2-c2c(N(c3ccc(-c4ccccc4)cc3)c3ccc(-c4ccc5c(c4)-c4cccc6c4B(N(c4ccccc4)c4ccccc4-6)N5c4ccccc4)cc3)cccc21. The van der Waals surface area contributed by atoms with Gasteiger partial charge in [0.25, 0.3) is 0 Å². The smallest absolute Gasteiger partial charge is 0.361 e. The first-order valence-corrected chi connectivity index (χ1v) is 23.4. The lowest BCUT2D eigenvalue weighted by atomic mass is 9.53. The van der Waals surface area contributed by atoms with Gasteiger partial charge in [0.05, 0.1) is 5.69 Å². The molecule has 0 spiro atoms. The second-order valence-electron chi connectivity index (χ2n) is 18.5. The van der Waals surface area contributed by atoms with Crippen molar-refractivity contribution >= 4 is 52.3 Å². The number of benzene rings is 10. The van der Waals surface area contributed by atoms with Crippen molar-refractivity contribution in [3.8, 4) is 55.6 Å². The summed E-state index contributed by atoms with van der Waals surface area (Å²) < 4.78 is 0. The highest BCUT2D eigenvalue weighted by molar-refractivity contribution is 6.86. The molecule has 0 radical (unpaired) electrons. The number of rotatable bonds is 7. The average molecular weight is 856 g/mol. The summed E-state index contributed by atoms with van der Waals surface area (Å²) in [5.74, 6) is 0. The van der Waals surface area contributed by atoms with Gasteiger partial charge in [0, 0.05) is 56.2 Å². The van der Waals surface area contributed by atoms with Crippen LogP contribution in [0.4, 0.5) is 39.8 Å². The van der Waals surface area contributed by atoms with Crippen LogP contribution in [-0.4, -0.2) is 6.98 Å². The Morgan fingerprint density at radius 1 is 0.358 bits per heavy atom. The summed E-state index contributed by atoms with van der Waals surface area (Å²) in [5.41, 5.74) is 24.4. The summed E-state index contributed by atoms with van der Waals surface area (Å²) in [4.78, 5) is 7.54. The largest absolute Gasteiger partial charge is 0.421 e. The minimum absolute atomic E-state index is 0.103. The predicted molar refractivity (Wildman–Crippen MR) is 283 cm³/mol. The second kappa shape index (κ2) is 15.4. The molecule has 10 aromatic rings. The zero-order chi connectivity index (χ0) is 44.6. The van der Waals surface area contributed by atoms with Crippen molar-refractivity contribution in [2.24, 2.45) is 0 Å². The summed E-state index contributed by atoms with van der Waals surface area (Å²) in [6.07, 6.45) is 0. The van der Waals surface area contributed by atoms with Crippen LogP contribution >= 0.6 is 0 Å². The summed E-state index contributed by atoms with van der Waals surface area (Å²) in [6, 6.07) is 89.3. The predicted octanol–water partition coefficient (Wildman–Crippen LogP) is 16.1. The van der Waals surface area contributed by atoms with Crippen molar-refractivity contribution in [2.45, 2.75) is 19.3 Å². The highest BCUT2D eigenvalue weighted by Crippen LogP contribution is 2.55. The van der Waals surface area contributed by atoms with Crippen LogP contribution in [0.1, 0.15) is 25.0 Å². The van der Waals surface area contributed by atoms with Crippen LogP contribution in [0, 0.1) is 0 Å². The van der Waals surface area contributed by atoms with Crippen LogP contribution in [0.3, 0.4) is 0 Å². The number of anilines is 7. The van der Waals surface area contributed by atoms with Crippen LogP contribution in [0.2, 0.25) is 0 Å². The van der Waals surface area contributed by atoms with Gasteiger partial charge in [-0.05, 0) is 128 Å². The molecule has 0 fully saturated rings. The molecule has 0 aromatic heterocycles. The van der Waals surface area contributed by atoms with E-state index < -0.39 is 0 Å². The molecule has 1 aliphatic carbocycles. The first-order chi connectivity index (χ1) is 33.0. The van der Waals surface area contributed by atoms with Gasteiger partial charge in [-0.25, -0.2) is 0 Å². The molecule has 10 aromatic carbocycles.